The van der Waals surface area contributed by atoms with Gasteiger partial charge in [-0.25, -0.2) is 0 Å². The second-order valence-electron chi connectivity index (χ2n) is 5.85. The number of hydrogen-bond donors (Lipinski definition) is 1. The molecule has 0 aliphatic carbocycles. The number of methoxy groups -OCH3 is 1. The summed E-state index contributed by atoms with van der Waals surface area (Å²) in [6.45, 7) is 3.24. The Balaban J connectivity index is 2.11. The molecule has 0 radical (unpaired) electrons. The van der Waals surface area contributed by atoms with Crippen molar-refractivity contribution in [3.63, 3.8) is 0 Å². The van der Waals surface area contributed by atoms with E-state index in [1.165, 1.54) is 27.7 Å². The highest BCUT2D eigenvalue weighted by Crippen LogP contribution is 2.31. The zero-order valence-corrected chi connectivity index (χ0v) is 13.7. The summed E-state index contributed by atoms with van der Waals surface area (Å²) in [7, 11) is 1.70. The van der Waals surface area contributed by atoms with Gasteiger partial charge in [-0.2, -0.15) is 0 Å². The van der Waals surface area contributed by atoms with Crippen molar-refractivity contribution in [1.82, 2.24) is 4.57 Å². The van der Waals surface area contributed by atoms with Gasteiger partial charge >= 0.3 is 0 Å². The van der Waals surface area contributed by atoms with Gasteiger partial charge in [-0.05, 0) is 49.1 Å². The number of aliphatic hydroxyl groups is 1. The number of nitrogens with zero attached hydrogens (tertiary/aromatic N) is 1. The van der Waals surface area contributed by atoms with E-state index in [2.05, 4.69) is 47.9 Å². The summed E-state index contributed by atoms with van der Waals surface area (Å²) < 4.78 is 7.75. The van der Waals surface area contributed by atoms with E-state index in [1.54, 1.807) is 7.11 Å². The van der Waals surface area contributed by atoms with Crippen molar-refractivity contribution in [1.29, 1.82) is 0 Å². The fraction of sp³-hybridized carbons (Fsp3) is 0.300. The molecule has 0 fully saturated rings. The van der Waals surface area contributed by atoms with Gasteiger partial charge in [0.05, 0.1) is 7.11 Å². The Morgan fingerprint density at radius 2 is 1.87 bits per heavy atom. The first-order valence-corrected chi connectivity index (χ1v) is 8.05. The van der Waals surface area contributed by atoms with Crippen molar-refractivity contribution in [2.24, 2.45) is 0 Å². The molecule has 1 aromatic heterocycles. The molecule has 0 aliphatic rings. The van der Waals surface area contributed by atoms with Crippen LogP contribution in [-0.4, -0.2) is 23.4 Å². The maximum Gasteiger partial charge on any atom is 0.119 e. The monoisotopic (exact) mass is 309 g/mol. The molecule has 3 rings (SSSR count). The van der Waals surface area contributed by atoms with Gasteiger partial charge in [0.15, 0.2) is 0 Å². The number of benzene rings is 2. The summed E-state index contributed by atoms with van der Waals surface area (Å²) in [6.07, 6.45) is 1.66. The molecular weight excluding hydrogens is 286 g/mol. The Morgan fingerprint density at radius 3 is 2.57 bits per heavy atom. The van der Waals surface area contributed by atoms with E-state index in [4.69, 9.17) is 4.74 Å². The van der Waals surface area contributed by atoms with Crippen molar-refractivity contribution in [2.45, 2.75) is 26.3 Å². The molecule has 1 N–H and O–H groups in total. The lowest BCUT2D eigenvalue weighted by atomic mass is 10.1. The molecule has 0 spiro atoms. The van der Waals surface area contributed by atoms with Crippen LogP contribution < -0.4 is 4.74 Å². The van der Waals surface area contributed by atoms with Crippen molar-refractivity contribution in [3.8, 4) is 5.75 Å². The molecule has 3 nitrogen and oxygen atoms in total. The predicted molar refractivity (Wildman–Crippen MR) is 94.2 cm³/mol. The molecule has 0 unspecified atom stereocenters. The van der Waals surface area contributed by atoms with Crippen LogP contribution in [0.3, 0.4) is 0 Å². The number of aliphatic hydroxyl groups excluding tert-OH is 1. The molecule has 2 aromatic carbocycles. The molecule has 1 heterocycles. The minimum absolute atomic E-state index is 0.217. The van der Waals surface area contributed by atoms with E-state index in [-0.39, 0.29) is 6.61 Å². The van der Waals surface area contributed by atoms with Crippen LogP contribution in [-0.2, 0) is 13.0 Å². The molecule has 23 heavy (non-hydrogen) atoms. The lowest BCUT2D eigenvalue weighted by molar-refractivity contribution is 0.288. The van der Waals surface area contributed by atoms with Gasteiger partial charge in [0, 0.05) is 29.7 Å². The highest BCUT2D eigenvalue weighted by atomic mass is 16.5. The number of aryl methyl sites for hydroxylation is 1. The van der Waals surface area contributed by atoms with Gasteiger partial charge in [0.2, 0.25) is 0 Å². The zero-order valence-electron chi connectivity index (χ0n) is 13.7. The van der Waals surface area contributed by atoms with Gasteiger partial charge in [-0.1, -0.05) is 30.3 Å². The summed E-state index contributed by atoms with van der Waals surface area (Å²) in [5, 5.41) is 10.4. The summed E-state index contributed by atoms with van der Waals surface area (Å²) in [4.78, 5) is 0. The topological polar surface area (TPSA) is 34.4 Å². The predicted octanol–water partition coefficient (Wildman–Crippen LogP) is 3.93. The fourth-order valence-electron chi connectivity index (χ4n) is 3.20. The molecule has 0 amide bonds. The molecule has 0 bridgehead atoms. The SMILES string of the molecule is COc1ccc2c(c1)c(CCCO)c(C)n2Cc1ccccc1. The molecule has 0 aliphatic heterocycles. The number of rotatable bonds is 6. The number of hydrogen-bond acceptors (Lipinski definition) is 2. The zero-order chi connectivity index (χ0) is 16.2. The van der Waals surface area contributed by atoms with E-state index in [0.717, 1.165) is 25.1 Å². The minimum Gasteiger partial charge on any atom is -0.497 e. The summed E-state index contributed by atoms with van der Waals surface area (Å²) in [5.74, 6) is 0.875. The van der Waals surface area contributed by atoms with Crippen LogP contribution in [0, 0.1) is 6.92 Å². The van der Waals surface area contributed by atoms with E-state index in [9.17, 15) is 5.11 Å². The van der Waals surface area contributed by atoms with Crippen LogP contribution >= 0.6 is 0 Å². The van der Waals surface area contributed by atoms with Gasteiger partial charge in [-0.3, -0.25) is 0 Å². The first kappa shape index (κ1) is 15.6. The van der Waals surface area contributed by atoms with Crippen molar-refractivity contribution in [2.75, 3.05) is 13.7 Å². The Labute approximate surface area is 137 Å². The molecule has 3 aromatic rings. The minimum atomic E-state index is 0.217. The third-order valence-corrected chi connectivity index (χ3v) is 4.43. The third kappa shape index (κ3) is 3.10. The molecule has 0 saturated heterocycles. The van der Waals surface area contributed by atoms with Gasteiger partial charge < -0.3 is 14.4 Å². The quantitative estimate of drug-likeness (QED) is 0.748. The lowest BCUT2D eigenvalue weighted by Crippen LogP contribution is -2.02. The molecule has 3 heteroatoms. The molecular formula is C20H23NO2. The Kier molecular flexibility index (Phi) is 4.68. The Hall–Kier alpha value is -2.26. The largest absolute Gasteiger partial charge is 0.497 e. The van der Waals surface area contributed by atoms with Crippen molar-refractivity contribution in [3.05, 3.63) is 65.4 Å². The average Bonchev–Trinajstić information content (AvgIpc) is 2.85. The molecule has 0 atom stereocenters. The normalized spacial score (nSPS) is 11.1. The third-order valence-electron chi connectivity index (χ3n) is 4.43. The van der Waals surface area contributed by atoms with Gasteiger partial charge in [0.1, 0.15) is 5.75 Å². The fourth-order valence-corrected chi connectivity index (χ4v) is 3.20. The Bertz CT molecular complexity index is 790. The standard InChI is InChI=1S/C20H23NO2/c1-15-18(9-6-12-22)19-13-17(23-2)10-11-20(19)21(15)14-16-7-4-3-5-8-16/h3-5,7-8,10-11,13,22H,6,9,12,14H2,1-2H3. The number of ether oxygens (including phenoxy) is 1. The van der Waals surface area contributed by atoms with Crippen LogP contribution in [0.1, 0.15) is 23.2 Å². The highest BCUT2D eigenvalue weighted by molar-refractivity contribution is 5.87. The lowest BCUT2D eigenvalue weighted by Gasteiger charge is -2.09. The Morgan fingerprint density at radius 1 is 1.09 bits per heavy atom. The molecule has 0 saturated carbocycles. The molecule has 120 valence electrons. The number of fused-ring (bicyclic) bond motifs is 1. The second kappa shape index (κ2) is 6.88. The van der Waals surface area contributed by atoms with E-state index in [0.29, 0.717) is 0 Å². The first-order chi connectivity index (χ1) is 11.2. The highest BCUT2D eigenvalue weighted by Gasteiger charge is 2.14. The van der Waals surface area contributed by atoms with Crippen LogP contribution in [0.2, 0.25) is 0 Å². The van der Waals surface area contributed by atoms with E-state index < -0.39 is 0 Å². The maximum absolute atomic E-state index is 9.20. The van der Waals surface area contributed by atoms with E-state index in [1.807, 2.05) is 12.1 Å². The van der Waals surface area contributed by atoms with Crippen LogP contribution in [0.15, 0.2) is 48.5 Å². The smallest absolute Gasteiger partial charge is 0.119 e. The van der Waals surface area contributed by atoms with Gasteiger partial charge in [0.25, 0.3) is 0 Å². The summed E-state index contributed by atoms with van der Waals surface area (Å²) in [6, 6.07) is 16.8. The number of aromatic nitrogens is 1. The first-order valence-electron chi connectivity index (χ1n) is 8.05. The second-order valence-corrected chi connectivity index (χ2v) is 5.85. The summed E-state index contributed by atoms with van der Waals surface area (Å²) in [5.41, 5.74) is 5.09. The maximum atomic E-state index is 9.20. The van der Waals surface area contributed by atoms with Crippen LogP contribution in [0.4, 0.5) is 0 Å². The summed E-state index contributed by atoms with van der Waals surface area (Å²) >= 11 is 0. The van der Waals surface area contributed by atoms with Crippen molar-refractivity contribution < 1.29 is 9.84 Å². The van der Waals surface area contributed by atoms with Crippen molar-refractivity contribution >= 4 is 10.9 Å². The van der Waals surface area contributed by atoms with E-state index >= 15 is 0 Å². The van der Waals surface area contributed by atoms with Crippen LogP contribution in [0.5, 0.6) is 5.75 Å². The van der Waals surface area contributed by atoms with Gasteiger partial charge in [-0.15, -0.1) is 0 Å². The average molecular weight is 309 g/mol. The van der Waals surface area contributed by atoms with Crippen LogP contribution in [0.25, 0.3) is 10.9 Å².